The zero-order valence-corrected chi connectivity index (χ0v) is 7.10. The first-order valence-corrected chi connectivity index (χ1v) is 3.92. The van der Waals surface area contributed by atoms with Crippen molar-refractivity contribution in [2.24, 2.45) is 17.6 Å². The highest BCUT2D eigenvalue weighted by molar-refractivity contribution is 4.67. The molecule has 0 radical (unpaired) electrons. The fraction of sp³-hybridized carbons (Fsp3) is 1.00. The number of hydrogen-bond donors (Lipinski definition) is 1. The van der Waals surface area contributed by atoms with Gasteiger partial charge >= 0.3 is 0 Å². The van der Waals surface area contributed by atoms with Gasteiger partial charge in [-0.2, -0.15) is 0 Å². The number of alkyl halides is 1. The Labute approximate surface area is 62.8 Å². The highest BCUT2D eigenvalue weighted by atomic mass is 19.1. The molecule has 0 aromatic rings. The average molecular weight is 147 g/mol. The first-order valence-electron chi connectivity index (χ1n) is 3.92. The van der Waals surface area contributed by atoms with E-state index in [0.717, 1.165) is 6.42 Å². The second-order valence-electron chi connectivity index (χ2n) is 3.30. The molecule has 0 aromatic heterocycles. The predicted octanol–water partition coefficient (Wildman–Crippen LogP) is 1.97. The van der Waals surface area contributed by atoms with Crippen molar-refractivity contribution in [1.29, 1.82) is 0 Å². The third-order valence-electron chi connectivity index (χ3n) is 1.73. The topological polar surface area (TPSA) is 26.0 Å². The Hall–Kier alpha value is -0.110. The lowest BCUT2D eigenvalue weighted by Crippen LogP contribution is -2.24. The van der Waals surface area contributed by atoms with E-state index in [2.05, 4.69) is 13.8 Å². The summed E-state index contributed by atoms with van der Waals surface area (Å²) in [5.74, 6) is 0.603. The van der Waals surface area contributed by atoms with Crippen LogP contribution in [-0.2, 0) is 0 Å². The predicted molar refractivity (Wildman–Crippen MR) is 42.6 cm³/mol. The van der Waals surface area contributed by atoms with E-state index in [0.29, 0.717) is 12.5 Å². The third kappa shape index (κ3) is 3.83. The van der Waals surface area contributed by atoms with Crippen molar-refractivity contribution in [3.8, 4) is 0 Å². The molecule has 0 spiro atoms. The second kappa shape index (κ2) is 4.67. The first kappa shape index (κ1) is 9.89. The maximum atomic E-state index is 12.6. The summed E-state index contributed by atoms with van der Waals surface area (Å²) in [6.07, 6.45) is 0.140. The highest BCUT2D eigenvalue weighted by Crippen LogP contribution is 2.16. The van der Waals surface area contributed by atoms with Crippen LogP contribution in [0.1, 0.15) is 27.2 Å². The number of nitrogens with two attached hydrogens (primary N) is 1. The van der Waals surface area contributed by atoms with Crippen LogP contribution < -0.4 is 5.73 Å². The van der Waals surface area contributed by atoms with Crippen molar-refractivity contribution in [3.05, 3.63) is 0 Å². The van der Waals surface area contributed by atoms with Gasteiger partial charge in [-0.25, -0.2) is 4.39 Å². The van der Waals surface area contributed by atoms with Crippen molar-refractivity contribution in [2.75, 3.05) is 6.54 Å². The molecule has 0 bridgehead atoms. The Kier molecular flexibility index (Phi) is 4.62. The van der Waals surface area contributed by atoms with Crippen molar-refractivity contribution in [2.45, 2.75) is 33.4 Å². The van der Waals surface area contributed by atoms with Crippen LogP contribution >= 0.6 is 0 Å². The van der Waals surface area contributed by atoms with Gasteiger partial charge in [-0.05, 0) is 25.8 Å². The molecule has 62 valence electrons. The molecule has 0 saturated heterocycles. The van der Waals surface area contributed by atoms with Crippen molar-refractivity contribution >= 4 is 0 Å². The van der Waals surface area contributed by atoms with Gasteiger partial charge in [-0.15, -0.1) is 0 Å². The molecule has 0 aliphatic carbocycles. The van der Waals surface area contributed by atoms with E-state index in [1.165, 1.54) is 0 Å². The van der Waals surface area contributed by atoms with E-state index in [1.54, 1.807) is 6.92 Å². The lowest BCUT2D eigenvalue weighted by Gasteiger charge is -2.17. The molecular weight excluding hydrogens is 129 g/mol. The molecular formula is C8H18FN. The maximum absolute atomic E-state index is 12.6. The van der Waals surface area contributed by atoms with Crippen LogP contribution in [0.25, 0.3) is 0 Å². The van der Waals surface area contributed by atoms with Gasteiger partial charge in [0, 0.05) is 5.92 Å². The zero-order chi connectivity index (χ0) is 8.15. The highest BCUT2D eigenvalue weighted by Gasteiger charge is 2.15. The monoisotopic (exact) mass is 147 g/mol. The standard InChI is InChI=1S/C8H18FN/c1-6(2)4-8(5-10)7(3)9/h6-8H,4-5,10H2,1-3H3. The summed E-state index contributed by atoms with van der Waals surface area (Å²) in [7, 11) is 0. The van der Waals surface area contributed by atoms with Gasteiger partial charge in [0.1, 0.15) is 6.17 Å². The van der Waals surface area contributed by atoms with Gasteiger partial charge < -0.3 is 5.73 Å². The molecule has 0 fully saturated rings. The second-order valence-corrected chi connectivity index (χ2v) is 3.30. The molecule has 1 nitrogen and oxygen atoms in total. The van der Waals surface area contributed by atoms with Crippen molar-refractivity contribution < 1.29 is 4.39 Å². The molecule has 0 aliphatic heterocycles. The molecule has 0 heterocycles. The third-order valence-corrected chi connectivity index (χ3v) is 1.73. The average Bonchev–Trinajstić information content (AvgIpc) is 1.81. The molecule has 0 amide bonds. The summed E-state index contributed by atoms with van der Waals surface area (Å²) in [5.41, 5.74) is 5.38. The van der Waals surface area contributed by atoms with Crippen LogP contribution in [0.15, 0.2) is 0 Å². The molecule has 2 unspecified atom stereocenters. The summed E-state index contributed by atoms with van der Waals surface area (Å²) < 4.78 is 12.6. The quantitative estimate of drug-likeness (QED) is 0.646. The normalized spacial score (nSPS) is 17.4. The van der Waals surface area contributed by atoms with Crippen LogP contribution in [0.5, 0.6) is 0 Å². The van der Waals surface area contributed by atoms with Crippen LogP contribution in [0.3, 0.4) is 0 Å². The van der Waals surface area contributed by atoms with Crippen LogP contribution in [-0.4, -0.2) is 12.7 Å². The van der Waals surface area contributed by atoms with Gasteiger partial charge in [-0.1, -0.05) is 13.8 Å². The van der Waals surface area contributed by atoms with E-state index in [4.69, 9.17) is 5.73 Å². The van der Waals surface area contributed by atoms with Crippen LogP contribution in [0, 0.1) is 11.8 Å². The summed E-state index contributed by atoms with van der Waals surface area (Å²) in [5, 5.41) is 0. The maximum Gasteiger partial charge on any atom is 0.101 e. The molecule has 0 saturated carbocycles. The first-order chi connectivity index (χ1) is 4.57. The minimum absolute atomic E-state index is 0.0556. The van der Waals surface area contributed by atoms with E-state index in [-0.39, 0.29) is 5.92 Å². The van der Waals surface area contributed by atoms with Gasteiger partial charge in [-0.3, -0.25) is 0 Å². The van der Waals surface area contributed by atoms with Crippen molar-refractivity contribution in [3.63, 3.8) is 0 Å². The smallest absolute Gasteiger partial charge is 0.101 e. The summed E-state index contributed by atoms with van der Waals surface area (Å²) in [6.45, 7) is 6.23. The largest absolute Gasteiger partial charge is 0.330 e. The molecule has 0 aromatic carbocycles. The Balaban J connectivity index is 3.60. The van der Waals surface area contributed by atoms with Crippen LogP contribution in [0.4, 0.5) is 4.39 Å². The van der Waals surface area contributed by atoms with Crippen LogP contribution in [0.2, 0.25) is 0 Å². The SMILES string of the molecule is CC(C)CC(CN)C(C)F. The van der Waals surface area contributed by atoms with Gasteiger partial charge in [0.25, 0.3) is 0 Å². The minimum Gasteiger partial charge on any atom is -0.330 e. The molecule has 2 atom stereocenters. The minimum atomic E-state index is -0.757. The fourth-order valence-electron chi connectivity index (χ4n) is 1.08. The Bertz CT molecular complexity index is 81.3. The fourth-order valence-corrected chi connectivity index (χ4v) is 1.08. The summed E-state index contributed by atoms with van der Waals surface area (Å²) >= 11 is 0. The van der Waals surface area contributed by atoms with E-state index in [9.17, 15) is 4.39 Å². The lowest BCUT2D eigenvalue weighted by molar-refractivity contribution is 0.224. The molecule has 2 heteroatoms. The number of rotatable bonds is 4. The Morgan fingerprint density at radius 1 is 1.30 bits per heavy atom. The molecule has 2 N–H and O–H groups in total. The van der Waals surface area contributed by atoms with E-state index in [1.807, 2.05) is 0 Å². The Morgan fingerprint density at radius 2 is 1.80 bits per heavy atom. The zero-order valence-electron chi connectivity index (χ0n) is 7.10. The van der Waals surface area contributed by atoms with Gasteiger partial charge in [0.05, 0.1) is 0 Å². The molecule has 0 rings (SSSR count). The molecule has 0 aliphatic rings. The van der Waals surface area contributed by atoms with Crippen molar-refractivity contribution in [1.82, 2.24) is 0 Å². The number of hydrogen-bond acceptors (Lipinski definition) is 1. The summed E-state index contributed by atoms with van der Waals surface area (Å²) in [4.78, 5) is 0. The van der Waals surface area contributed by atoms with E-state index >= 15 is 0 Å². The van der Waals surface area contributed by atoms with E-state index < -0.39 is 6.17 Å². The summed E-state index contributed by atoms with van der Waals surface area (Å²) in [6, 6.07) is 0. The lowest BCUT2D eigenvalue weighted by atomic mass is 9.94. The Morgan fingerprint density at radius 3 is 1.90 bits per heavy atom. The number of halogens is 1. The van der Waals surface area contributed by atoms with Gasteiger partial charge in [0.15, 0.2) is 0 Å². The molecule has 10 heavy (non-hydrogen) atoms. The van der Waals surface area contributed by atoms with Gasteiger partial charge in [0.2, 0.25) is 0 Å².